The van der Waals surface area contributed by atoms with E-state index in [-0.39, 0.29) is 18.3 Å². The molecule has 0 fully saturated rings. The number of hydrogen-bond acceptors (Lipinski definition) is 0. The molecule has 0 nitrogen and oxygen atoms in total. The van der Waals surface area contributed by atoms with E-state index in [4.69, 9.17) is 0 Å². The van der Waals surface area contributed by atoms with Crippen LogP contribution in [0.4, 0.5) is 0 Å². The molecule has 0 saturated carbocycles. The highest BCUT2D eigenvalue weighted by Gasteiger charge is 2.27. The first-order valence-electron chi connectivity index (χ1n) is 6.34. The molecule has 0 spiro atoms. The van der Waals surface area contributed by atoms with Crippen molar-refractivity contribution >= 4 is 10.9 Å². The van der Waals surface area contributed by atoms with Gasteiger partial charge in [0.2, 0.25) is 0 Å². The molecule has 0 bridgehead atoms. The predicted molar refractivity (Wildman–Crippen MR) is 88.2 cm³/mol. The summed E-state index contributed by atoms with van der Waals surface area (Å²) < 4.78 is 0. The third kappa shape index (κ3) is 3.12. The van der Waals surface area contributed by atoms with Gasteiger partial charge in [0.05, 0.1) is 10.9 Å². The highest BCUT2D eigenvalue weighted by atomic mass is 32.2. The Morgan fingerprint density at radius 3 is 0.900 bits per heavy atom. The van der Waals surface area contributed by atoms with Gasteiger partial charge in [0, 0.05) is 0 Å². The van der Waals surface area contributed by atoms with Crippen molar-refractivity contribution in [2.24, 2.45) is 0 Å². The van der Waals surface area contributed by atoms with E-state index in [1.54, 1.807) is 0 Å². The van der Waals surface area contributed by atoms with Gasteiger partial charge < -0.3 is 0 Å². The molecule has 3 aromatic rings. The van der Waals surface area contributed by atoms with E-state index in [1.807, 2.05) is 0 Å². The van der Waals surface area contributed by atoms with Crippen molar-refractivity contribution in [2.45, 2.75) is 22.1 Å². The van der Waals surface area contributed by atoms with Crippen molar-refractivity contribution in [1.82, 2.24) is 0 Å². The van der Waals surface area contributed by atoms with Gasteiger partial charge in [-0.15, -0.1) is 0 Å². The minimum Gasteiger partial charge on any atom is -0.0776 e. The molecular formula is C19H19S+. The second kappa shape index (κ2) is 6.97. The Kier molecular flexibility index (Phi) is 5.03. The van der Waals surface area contributed by atoms with Gasteiger partial charge in [-0.2, -0.15) is 0 Å². The Morgan fingerprint density at radius 2 is 0.650 bits per heavy atom. The fourth-order valence-corrected chi connectivity index (χ4v) is 4.18. The topological polar surface area (TPSA) is 0 Å². The maximum atomic E-state index is 2.21. The molecule has 0 saturated heterocycles. The van der Waals surface area contributed by atoms with Crippen molar-refractivity contribution < 1.29 is 0 Å². The summed E-state index contributed by atoms with van der Waals surface area (Å²) in [6.45, 7) is 0. The van der Waals surface area contributed by atoms with Crippen LogP contribution in [-0.4, -0.2) is 0 Å². The van der Waals surface area contributed by atoms with E-state index in [0.29, 0.717) is 0 Å². The summed E-state index contributed by atoms with van der Waals surface area (Å²) >= 11 is 0. The zero-order valence-corrected chi connectivity index (χ0v) is 11.4. The molecule has 100 valence electrons. The van der Waals surface area contributed by atoms with Gasteiger partial charge >= 0.3 is 0 Å². The van der Waals surface area contributed by atoms with Gasteiger partial charge in [0.15, 0.2) is 14.7 Å². The van der Waals surface area contributed by atoms with Crippen LogP contribution in [-0.2, 0) is 10.9 Å². The Labute approximate surface area is 124 Å². The third-order valence-electron chi connectivity index (χ3n) is 2.94. The SMILES string of the molecule is C.c1ccc([S+](c2ccccc2)c2ccccc2)cc1. The smallest absolute Gasteiger partial charge is 0.0776 e. The maximum absolute atomic E-state index is 2.21. The quantitative estimate of drug-likeness (QED) is 0.562. The van der Waals surface area contributed by atoms with E-state index in [2.05, 4.69) is 91.0 Å². The Hall–Kier alpha value is -1.99. The predicted octanol–water partition coefficient (Wildman–Crippen LogP) is 5.42. The van der Waals surface area contributed by atoms with Crippen LogP contribution >= 0.6 is 0 Å². The average Bonchev–Trinajstić information content (AvgIpc) is 2.51. The van der Waals surface area contributed by atoms with Crippen LogP contribution in [0.2, 0.25) is 0 Å². The summed E-state index contributed by atoms with van der Waals surface area (Å²) in [7, 11) is -0.0146. The zero-order valence-electron chi connectivity index (χ0n) is 10.6. The van der Waals surface area contributed by atoms with Gasteiger partial charge in [-0.25, -0.2) is 0 Å². The van der Waals surface area contributed by atoms with Crippen molar-refractivity contribution in [3.63, 3.8) is 0 Å². The minimum absolute atomic E-state index is 0. The Balaban J connectivity index is 0.00000147. The molecule has 0 aromatic heterocycles. The summed E-state index contributed by atoms with van der Waals surface area (Å²) in [4.78, 5) is 4.08. The van der Waals surface area contributed by atoms with Gasteiger partial charge in [-0.05, 0) is 36.4 Å². The van der Waals surface area contributed by atoms with E-state index in [1.165, 1.54) is 14.7 Å². The first-order valence-corrected chi connectivity index (χ1v) is 7.57. The monoisotopic (exact) mass is 279 g/mol. The largest absolute Gasteiger partial charge is 0.166 e. The highest BCUT2D eigenvalue weighted by Crippen LogP contribution is 2.30. The number of benzene rings is 3. The molecular weight excluding hydrogens is 260 g/mol. The lowest BCUT2D eigenvalue weighted by molar-refractivity contribution is 1.32. The van der Waals surface area contributed by atoms with Crippen LogP contribution in [0.15, 0.2) is 106 Å². The van der Waals surface area contributed by atoms with Gasteiger partial charge in [-0.1, -0.05) is 62.0 Å². The number of rotatable bonds is 3. The van der Waals surface area contributed by atoms with Crippen LogP contribution in [0, 0.1) is 0 Å². The summed E-state index contributed by atoms with van der Waals surface area (Å²) in [5.74, 6) is 0. The van der Waals surface area contributed by atoms with Crippen molar-refractivity contribution in [3.8, 4) is 0 Å². The first kappa shape index (κ1) is 14.4. The second-order valence-corrected chi connectivity index (χ2v) is 6.27. The first-order chi connectivity index (χ1) is 9.45. The molecule has 3 rings (SSSR count). The fraction of sp³-hybridized carbons (Fsp3) is 0.0526. The van der Waals surface area contributed by atoms with E-state index in [0.717, 1.165) is 0 Å². The molecule has 0 unspecified atom stereocenters. The Bertz CT molecular complexity index is 524. The van der Waals surface area contributed by atoms with Gasteiger partial charge in [-0.3, -0.25) is 0 Å². The van der Waals surface area contributed by atoms with Gasteiger partial charge in [0.1, 0.15) is 0 Å². The molecule has 0 radical (unpaired) electrons. The van der Waals surface area contributed by atoms with Crippen LogP contribution in [0.3, 0.4) is 0 Å². The van der Waals surface area contributed by atoms with E-state index in [9.17, 15) is 0 Å². The lowest BCUT2D eigenvalue weighted by atomic mass is 10.4. The zero-order chi connectivity index (χ0) is 12.9. The van der Waals surface area contributed by atoms with Crippen LogP contribution < -0.4 is 0 Å². The Morgan fingerprint density at radius 1 is 0.400 bits per heavy atom. The highest BCUT2D eigenvalue weighted by molar-refractivity contribution is 7.97. The lowest BCUT2D eigenvalue weighted by Gasteiger charge is -2.07. The van der Waals surface area contributed by atoms with Crippen molar-refractivity contribution in [3.05, 3.63) is 91.0 Å². The summed E-state index contributed by atoms with van der Waals surface area (Å²) in [5.41, 5.74) is 0. The number of hydrogen-bond donors (Lipinski definition) is 0. The van der Waals surface area contributed by atoms with Gasteiger partial charge in [0.25, 0.3) is 0 Å². The molecule has 0 heterocycles. The average molecular weight is 279 g/mol. The minimum atomic E-state index is -0.0146. The molecule has 3 aromatic carbocycles. The normalized spacial score (nSPS) is 10.1. The molecule has 0 atom stereocenters. The lowest BCUT2D eigenvalue weighted by Crippen LogP contribution is -2.04. The third-order valence-corrected chi connectivity index (χ3v) is 5.17. The molecule has 0 aliphatic carbocycles. The van der Waals surface area contributed by atoms with Crippen molar-refractivity contribution in [1.29, 1.82) is 0 Å². The maximum Gasteiger partial charge on any atom is 0.166 e. The summed E-state index contributed by atoms with van der Waals surface area (Å²) in [6, 6.07) is 32.2. The molecule has 0 amide bonds. The molecule has 20 heavy (non-hydrogen) atoms. The van der Waals surface area contributed by atoms with E-state index >= 15 is 0 Å². The van der Waals surface area contributed by atoms with Crippen LogP contribution in [0.1, 0.15) is 7.43 Å². The fourth-order valence-electron chi connectivity index (χ4n) is 2.08. The summed E-state index contributed by atoms with van der Waals surface area (Å²) in [5, 5.41) is 0. The van der Waals surface area contributed by atoms with Crippen LogP contribution in [0.25, 0.3) is 0 Å². The molecule has 0 aliphatic rings. The molecule has 0 aliphatic heterocycles. The van der Waals surface area contributed by atoms with E-state index < -0.39 is 0 Å². The van der Waals surface area contributed by atoms with Crippen molar-refractivity contribution in [2.75, 3.05) is 0 Å². The molecule has 1 heteroatoms. The standard InChI is InChI=1S/C18H15S.CH4/c1-4-10-16(11-5-1)19(17-12-6-2-7-13-17)18-14-8-3-9-15-18;/h1-15H;1H4/q+1;. The summed E-state index contributed by atoms with van der Waals surface area (Å²) in [6.07, 6.45) is 0. The van der Waals surface area contributed by atoms with Crippen LogP contribution in [0.5, 0.6) is 0 Å². The molecule has 0 N–H and O–H groups in total. The second-order valence-electron chi connectivity index (χ2n) is 4.25.